The van der Waals surface area contributed by atoms with Gasteiger partial charge in [-0.3, -0.25) is 9.59 Å². The Balaban J connectivity index is 1.67. The Labute approximate surface area is 158 Å². The summed E-state index contributed by atoms with van der Waals surface area (Å²) in [6.45, 7) is 0. The van der Waals surface area contributed by atoms with Crippen molar-refractivity contribution in [3.63, 3.8) is 0 Å². The van der Waals surface area contributed by atoms with E-state index in [9.17, 15) is 9.59 Å². The summed E-state index contributed by atoms with van der Waals surface area (Å²) in [4.78, 5) is 30.4. The first-order valence-electron chi connectivity index (χ1n) is 8.45. The average molecular weight is 376 g/mol. The molecule has 0 unspecified atom stereocenters. The molecule has 0 aliphatic rings. The molecule has 0 saturated carbocycles. The van der Waals surface area contributed by atoms with E-state index < -0.39 is 11.1 Å². The zero-order valence-corrected chi connectivity index (χ0v) is 15.2. The summed E-state index contributed by atoms with van der Waals surface area (Å²) < 4.78 is 11.9. The Bertz CT molecular complexity index is 1310. The van der Waals surface area contributed by atoms with Crippen LogP contribution in [0.2, 0.25) is 0 Å². The van der Waals surface area contributed by atoms with E-state index in [0.29, 0.717) is 28.3 Å². The molecule has 8 nitrogen and oxygen atoms in total. The predicted molar refractivity (Wildman–Crippen MR) is 105 cm³/mol. The van der Waals surface area contributed by atoms with Crippen LogP contribution in [0.5, 0.6) is 5.75 Å². The molecule has 2 aromatic heterocycles. The van der Waals surface area contributed by atoms with Crippen LogP contribution in [0.3, 0.4) is 0 Å². The summed E-state index contributed by atoms with van der Waals surface area (Å²) in [5, 5.41) is 3.98. The van der Waals surface area contributed by atoms with Gasteiger partial charge in [0, 0.05) is 24.3 Å². The molecule has 28 heavy (non-hydrogen) atoms. The molecule has 4 rings (SSSR count). The van der Waals surface area contributed by atoms with Crippen molar-refractivity contribution in [3.05, 3.63) is 74.6 Å². The average Bonchev–Trinajstić information content (AvgIpc) is 3.19. The van der Waals surface area contributed by atoms with E-state index in [1.807, 2.05) is 30.3 Å². The number of nitrogens with one attached hydrogen (secondary N) is 1. The van der Waals surface area contributed by atoms with E-state index in [0.717, 1.165) is 11.3 Å². The Morgan fingerprint density at radius 3 is 2.79 bits per heavy atom. The number of rotatable bonds is 4. The maximum Gasteiger partial charge on any atom is 0.316 e. The van der Waals surface area contributed by atoms with Crippen molar-refractivity contribution >= 4 is 23.2 Å². The highest BCUT2D eigenvalue weighted by Gasteiger charge is 2.10. The Morgan fingerprint density at radius 1 is 1.14 bits per heavy atom. The SMILES string of the molecule is COc1ccccc1C=Cc1nc(-c2ccc3c(c2)[nH]c(=O)c(=O)n3C)no1. The zero-order chi connectivity index (χ0) is 19.7. The maximum absolute atomic E-state index is 11.7. The van der Waals surface area contributed by atoms with Gasteiger partial charge in [-0.05, 0) is 30.3 Å². The normalized spacial score (nSPS) is 11.4. The molecule has 1 N–H and O–H groups in total. The molecule has 0 fully saturated rings. The molecule has 4 aromatic rings. The highest BCUT2D eigenvalue weighted by atomic mass is 16.5. The fourth-order valence-electron chi connectivity index (χ4n) is 2.89. The predicted octanol–water partition coefficient (Wildman–Crippen LogP) is 2.46. The van der Waals surface area contributed by atoms with Gasteiger partial charge in [0.2, 0.25) is 5.82 Å². The number of aromatic amines is 1. The van der Waals surface area contributed by atoms with Crippen LogP contribution in [0.15, 0.2) is 56.6 Å². The molecule has 8 heteroatoms. The fourth-order valence-corrected chi connectivity index (χ4v) is 2.89. The molecular weight excluding hydrogens is 360 g/mol. The summed E-state index contributed by atoms with van der Waals surface area (Å²) in [7, 11) is 3.16. The standard InChI is InChI=1S/C20H16N4O4/c1-24-15-9-7-13(11-14(15)21-19(25)20(24)26)18-22-17(28-23-18)10-8-12-5-3-4-6-16(12)27-2/h3-11H,1-2H3,(H,21,25). The molecule has 0 radical (unpaired) electrons. The minimum Gasteiger partial charge on any atom is -0.496 e. The quantitative estimate of drug-likeness (QED) is 0.549. The second kappa shape index (κ2) is 6.99. The summed E-state index contributed by atoms with van der Waals surface area (Å²) >= 11 is 0. The molecule has 0 saturated heterocycles. The third-order valence-electron chi connectivity index (χ3n) is 4.35. The highest BCUT2D eigenvalue weighted by molar-refractivity contribution is 5.80. The summed E-state index contributed by atoms with van der Waals surface area (Å²) in [5.41, 5.74) is 1.37. The van der Waals surface area contributed by atoms with Crippen molar-refractivity contribution in [1.82, 2.24) is 19.7 Å². The summed E-state index contributed by atoms with van der Waals surface area (Å²) in [6.07, 6.45) is 3.52. The molecule has 2 aromatic carbocycles. The van der Waals surface area contributed by atoms with Gasteiger partial charge in [0.05, 0.1) is 18.1 Å². The van der Waals surface area contributed by atoms with E-state index in [1.165, 1.54) is 4.57 Å². The first-order chi connectivity index (χ1) is 13.6. The van der Waals surface area contributed by atoms with Crippen LogP contribution >= 0.6 is 0 Å². The Kier molecular flexibility index (Phi) is 4.36. The number of hydrogen-bond acceptors (Lipinski definition) is 6. The summed E-state index contributed by atoms with van der Waals surface area (Å²) in [5.74, 6) is 1.44. The molecule has 0 bridgehead atoms. The zero-order valence-electron chi connectivity index (χ0n) is 15.2. The van der Waals surface area contributed by atoms with Gasteiger partial charge < -0.3 is 18.8 Å². The molecule has 0 aliphatic heterocycles. The first kappa shape index (κ1) is 17.5. The van der Waals surface area contributed by atoms with Crippen molar-refractivity contribution < 1.29 is 9.26 Å². The number of benzene rings is 2. The van der Waals surface area contributed by atoms with Crippen LogP contribution in [0.25, 0.3) is 34.6 Å². The third kappa shape index (κ3) is 3.11. The molecule has 140 valence electrons. The van der Waals surface area contributed by atoms with E-state index in [2.05, 4.69) is 15.1 Å². The summed E-state index contributed by atoms with van der Waals surface area (Å²) in [6, 6.07) is 12.8. The van der Waals surface area contributed by atoms with Gasteiger partial charge in [0.25, 0.3) is 5.89 Å². The lowest BCUT2D eigenvalue weighted by atomic mass is 10.2. The number of aryl methyl sites for hydroxylation is 1. The lowest BCUT2D eigenvalue weighted by Crippen LogP contribution is -2.34. The van der Waals surface area contributed by atoms with Crippen LogP contribution in [0.1, 0.15) is 11.5 Å². The lowest BCUT2D eigenvalue weighted by Gasteiger charge is -2.04. The van der Waals surface area contributed by atoms with Gasteiger partial charge in [-0.1, -0.05) is 23.4 Å². The Morgan fingerprint density at radius 2 is 1.96 bits per heavy atom. The number of para-hydroxylation sites is 1. The molecule has 0 aliphatic carbocycles. The number of aromatic nitrogens is 4. The van der Waals surface area contributed by atoms with Crippen LogP contribution in [-0.2, 0) is 7.05 Å². The van der Waals surface area contributed by atoms with E-state index in [1.54, 1.807) is 38.4 Å². The number of nitrogens with zero attached hydrogens (tertiary/aromatic N) is 3. The van der Waals surface area contributed by atoms with Gasteiger partial charge in [-0.2, -0.15) is 4.98 Å². The van der Waals surface area contributed by atoms with Gasteiger partial charge in [0.1, 0.15) is 5.75 Å². The fraction of sp³-hybridized carbons (Fsp3) is 0.100. The number of ether oxygens (including phenoxy) is 1. The minimum absolute atomic E-state index is 0.329. The topological polar surface area (TPSA) is 103 Å². The van der Waals surface area contributed by atoms with E-state index >= 15 is 0 Å². The molecule has 0 atom stereocenters. The molecular formula is C20H16N4O4. The van der Waals surface area contributed by atoms with Crippen molar-refractivity contribution in [3.8, 4) is 17.1 Å². The third-order valence-corrected chi connectivity index (χ3v) is 4.35. The molecule has 2 heterocycles. The number of methoxy groups -OCH3 is 1. The van der Waals surface area contributed by atoms with Gasteiger partial charge in [-0.25, -0.2) is 0 Å². The number of hydrogen-bond donors (Lipinski definition) is 1. The van der Waals surface area contributed by atoms with Gasteiger partial charge in [0.15, 0.2) is 0 Å². The second-order valence-corrected chi connectivity index (χ2v) is 6.08. The lowest BCUT2D eigenvalue weighted by molar-refractivity contribution is 0.411. The first-order valence-corrected chi connectivity index (χ1v) is 8.45. The largest absolute Gasteiger partial charge is 0.496 e. The number of H-pyrrole nitrogens is 1. The van der Waals surface area contributed by atoms with Crippen LogP contribution < -0.4 is 15.9 Å². The van der Waals surface area contributed by atoms with Crippen molar-refractivity contribution in [2.24, 2.45) is 7.05 Å². The van der Waals surface area contributed by atoms with Crippen molar-refractivity contribution in [2.75, 3.05) is 7.11 Å². The van der Waals surface area contributed by atoms with Gasteiger partial charge >= 0.3 is 11.1 Å². The molecule has 0 spiro atoms. The van der Waals surface area contributed by atoms with Gasteiger partial charge in [-0.15, -0.1) is 0 Å². The van der Waals surface area contributed by atoms with Crippen LogP contribution in [0.4, 0.5) is 0 Å². The smallest absolute Gasteiger partial charge is 0.316 e. The van der Waals surface area contributed by atoms with Crippen LogP contribution in [0, 0.1) is 0 Å². The minimum atomic E-state index is -0.680. The second-order valence-electron chi connectivity index (χ2n) is 6.08. The van der Waals surface area contributed by atoms with E-state index in [4.69, 9.17) is 9.26 Å². The highest BCUT2D eigenvalue weighted by Crippen LogP contribution is 2.22. The van der Waals surface area contributed by atoms with E-state index in [-0.39, 0.29) is 0 Å². The van der Waals surface area contributed by atoms with Crippen LogP contribution in [-0.4, -0.2) is 26.8 Å². The monoisotopic (exact) mass is 376 g/mol. The number of fused-ring (bicyclic) bond motifs is 1. The van der Waals surface area contributed by atoms with Crippen molar-refractivity contribution in [2.45, 2.75) is 0 Å². The Hall–Kier alpha value is -3.94. The van der Waals surface area contributed by atoms with Crippen molar-refractivity contribution in [1.29, 1.82) is 0 Å². The molecule has 0 amide bonds. The maximum atomic E-state index is 11.7.